The van der Waals surface area contributed by atoms with Crippen molar-refractivity contribution >= 4 is 66.3 Å². The minimum atomic E-state index is 0.579. The number of furan rings is 2. The second kappa shape index (κ2) is 9.24. The van der Waals surface area contributed by atoms with E-state index in [1.54, 1.807) is 0 Å². The first-order valence-electron chi connectivity index (χ1n) is 14.0. The Bertz CT molecular complexity index is 2550. The molecular formula is C37H20ClN3O2. The summed E-state index contributed by atoms with van der Waals surface area (Å²) in [5.41, 5.74) is 5.87. The number of aromatic nitrogens is 3. The quantitative estimate of drug-likeness (QED) is 0.210. The molecule has 3 aromatic heterocycles. The highest BCUT2D eigenvalue weighted by Crippen LogP contribution is 2.35. The van der Waals surface area contributed by atoms with Gasteiger partial charge in [0.15, 0.2) is 17.5 Å². The minimum absolute atomic E-state index is 0.579. The van der Waals surface area contributed by atoms with Gasteiger partial charge in [-0.25, -0.2) is 15.0 Å². The van der Waals surface area contributed by atoms with Gasteiger partial charge in [0.1, 0.15) is 22.3 Å². The van der Waals surface area contributed by atoms with Crippen LogP contribution in [0.25, 0.3) is 88.8 Å². The Labute approximate surface area is 250 Å². The Morgan fingerprint density at radius 2 is 0.930 bits per heavy atom. The molecule has 0 aliphatic carbocycles. The molecule has 0 aliphatic heterocycles. The molecular weight excluding hydrogens is 554 g/mol. The number of benzene rings is 6. The average molecular weight is 574 g/mol. The number of fused-ring (bicyclic) bond motifs is 7. The molecule has 0 bridgehead atoms. The zero-order valence-electron chi connectivity index (χ0n) is 22.6. The number of halogens is 1. The molecule has 0 atom stereocenters. The number of rotatable bonds is 3. The topological polar surface area (TPSA) is 65.0 Å². The molecule has 0 aliphatic rings. The van der Waals surface area contributed by atoms with Crippen LogP contribution in [0, 0.1) is 0 Å². The van der Waals surface area contributed by atoms with E-state index >= 15 is 0 Å². The third-order valence-corrected chi connectivity index (χ3v) is 8.20. The van der Waals surface area contributed by atoms with Gasteiger partial charge in [-0.1, -0.05) is 66.2 Å². The zero-order chi connectivity index (χ0) is 28.5. The highest BCUT2D eigenvalue weighted by molar-refractivity contribution is 6.31. The van der Waals surface area contributed by atoms with Crippen LogP contribution in [0.3, 0.4) is 0 Å². The van der Waals surface area contributed by atoms with Crippen LogP contribution in [0.4, 0.5) is 0 Å². The van der Waals surface area contributed by atoms with Gasteiger partial charge in [-0.2, -0.15) is 0 Å². The van der Waals surface area contributed by atoms with Crippen LogP contribution in [0.5, 0.6) is 0 Å². The first-order chi connectivity index (χ1) is 21.2. The van der Waals surface area contributed by atoms with E-state index < -0.39 is 0 Å². The predicted octanol–water partition coefficient (Wildman–Crippen LogP) is 10.5. The van der Waals surface area contributed by atoms with E-state index in [2.05, 4.69) is 48.5 Å². The fourth-order valence-corrected chi connectivity index (χ4v) is 6.01. The average Bonchev–Trinajstić information content (AvgIpc) is 3.61. The molecule has 43 heavy (non-hydrogen) atoms. The summed E-state index contributed by atoms with van der Waals surface area (Å²) in [6.45, 7) is 0. The first-order valence-corrected chi connectivity index (χ1v) is 14.3. The summed E-state index contributed by atoms with van der Waals surface area (Å²) in [5, 5.41) is 6.96. The molecule has 3 heterocycles. The van der Waals surface area contributed by atoms with Gasteiger partial charge in [0, 0.05) is 49.3 Å². The number of hydrogen-bond acceptors (Lipinski definition) is 5. The molecule has 9 rings (SSSR count). The lowest BCUT2D eigenvalue weighted by molar-refractivity contribution is 0.668. The second-order valence-electron chi connectivity index (χ2n) is 10.6. The van der Waals surface area contributed by atoms with E-state index in [1.807, 2.05) is 72.8 Å². The van der Waals surface area contributed by atoms with Gasteiger partial charge in [-0.05, 0) is 71.4 Å². The van der Waals surface area contributed by atoms with Crippen molar-refractivity contribution in [3.63, 3.8) is 0 Å². The van der Waals surface area contributed by atoms with Crippen LogP contribution in [0.15, 0.2) is 130 Å². The monoisotopic (exact) mass is 573 g/mol. The van der Waals surface area contributed by atoms with Gasteiger partial charge < -0.3 is 8.83 Å². The van der Waals surface area contributed by atoms with E-state index in [0.29, 0.717) is 22.5 Å². The Kier molecular flexibility index (Phi) is 5.18. The summed E-state index contributed by atoms with van der Waals surface area (Å²) in [5.74, 6) is 1.77. The van der Waals surface area contributed by atoms with Crippen molar-refractivity contribution < 1.29 is 8.83 Å². The van der Waals surface area contributed by atoms with Crippen molar-refractivity contribution in [1.29, 1.82) is 0 Å². The van der Waals surface area contributed by atoms with Crippen molar-refractivity contribution in [3.05, 3.63) is 126 Å². The van der Waals surface area contributed by atoms with Gasteiger partial charge in [-0.15, -0.1) is 0 Å². The SMILES string of the molecule is Clc1ccc2c(c1)oc1ccc(-c3nc(-c4ccc5ccccc5c4)nc(-c4ccc5oc6ccccc6c5c4)n3)cc12. The van der Waals surface area contributed by atoms with Crippen LogP contribution in [0.2, 0.25) is 5.02 Å². The van der Waals surface area contributed by atoms with Gasteiger partial charge in [0.2, 0.25) is 0 Å². The number of hydrogen-bond donors (Lipinski definition) is 0. The Morgan fingerprint density at radius 1 is 0.395 bits per heavy atom. The summed E-state index contributed by atoms with van der Waals surface area (Å²) >= 11 is 6.23. The van der Waals surface area contributed by atoms with E-state index in [4.69, 9.17) is 35.4 Å². The third kappa shape index (κ3) is 3.97. The normalized spacial score (nSPS) is 11.8. The summed E-state index contributed by atoms with van der Waals surface area (Å²) in [4.78, 5) is 15.0. The lowest BCUT2D eigenvalue weighted by Gasteiger charge is -2.09. The lowest BCUT2D eigenvalue weighted by atomic mass is 10.1. The molecule has 0 fully saturated rings. The van der Waals surface area contributed by atoms with Gasteiger partial charge in [0.25, 0.3) is 0 Å². The van der Waals surface area contributed by atoms with Gasteiger partial charge >= 0.3 is 0 Å². The van der Waals surface area contributed by atoms with E-state index in [-0.39, 0.29) is 0 Å². The molecule has 0 saturated heterocycles. The summed E-state index contributed by atoms with van der Waals surface area (Å²) < 4.78 is 12.1. The summed E-state index contributed by atoms with van der Waals surface area (Å²) in [7, 11) is 0. The Balaban J connectivity index is 1.27. The third-order valence-electron chi connectivity index (χ3n) is 7.97. The van der Waals surface area contributed by atoms with Crippen molar-refractivity contribution in [2.45, 2.75) is 0 Å². The summed E-state index contributed by atoms with van der Waals surface area (Å²) in [6.07, 6.45) is 0. The molecule has 0 N–H and O–H groups in total. The van der Waals surface area contributed by atoms with Crippen LogP contribution >= 0.6 is 11.6 Å². The van der Waals surface area contributed by atoms with E-state index in [0.717, 1.165) is 71.3 Å². The maximum Gasteiger partial charge on any atom is 0.164 e. The Morgan fingerprint density at radius 3 is 1.65 bits per heavy atom. The predicted molar refractivity (Wildman–Crippen MR) is 173 cm³/mol. The molecule has 5 nitrogen and oxygen atoms in total. The molecule has 6 heteroatoms. The van der Waals surface area contributed by atoms with Gasteiger partial charge in [-0.3, -0.25) is 0 Å². The smallest absolute Gasteiger partial charge is 0.164 e. The molecule has 6 aromatic carbocycles. The molecule has 0 radical (unpaired) electrons. The zero-order valence-corrected chi connectivity index (χ0v) is 23.3. The lowest BCUT2D eigenvalue weighted by Crippen LogP contribution is -2.00. The molecule has 0 spiro atoms. The van der Waals surface area contributed by atoms with Crippen molar-refractivity contribution in [3.8, 4) is 34.2 Å². The Hall–Kier alpha value is -5.52. The second-order valence-corrected chi connectivity index (χ2v) is 11.1. The summed E-state index contributed by atoms with van der Waals surface area (Å²) in [6, 6.07) is 40.4. The van der Waals surface area contributed by atoms with Gasteiger partial charge in [0.05, 0.1) is 0 Å². The van der Waals surface area contributed by atoms with Crippen molar-refractivity contribution in [2.24, 2.45) is 0 Å². The number of para-hydroxylation sites is 1. The maximum atomic E-state index is 6.23. The van der Waals surface area contributed by atoms with Crippen LogP contribution in [0.1, 0.15) is 0 Å². The molecule has 202 valence electrons. The molecule has 9 aromatic rings. The molecule has 0 saturated carbocycles. The molecule has 0 amide bonds. The van der Waals surface area contributed by atoms with Crippen molar-refractivity contribution in [1.82, 2.24) is 15.0 Å². The molecule has 0 unspecified atom stereocenters. The fourth-order valence-electron chi connectivity index (χ4n) is 5.85. The van der Waals surface area contributed by atoms with E-state index in [9.17, 15) is 0 Å². The van der Waals surface area contributed by atoms with Crippen LogP contribution < -0.4 is 0 Å². The first kappa shape index (κ1) is 24.1. The highest BCUT2D eigenvalue weighted by Gasteiger charge is 2.16. The van der Waals surface area contributed by atoms with Crippen LogP contribution in [-0.2, 0) is 0 Å². The highest BCUT2D eigenvalue weighted by atomic mass is 35.5. The maximum absolute atomic E-state index is 6.23. The van der Waals surface area contributed by atoms with Crippen molar-refractivity contribution in [2.75, 3.05) is 0 Å². The minimum Gasteiger partial charge on any atom is -0.456 e. The standard InChI is InChI=1S/C37H20ClN3O2/c38-26-13-14-28-30-19-25(12-16-33(30)43-34(28)20-26)37-40-35(23-10-9-21-5-1-2-6-22(21)17-23)39-36(41-37)24-11-15-32-29(18-24)27-7-3-4-8-31(27)42-32/h1-20H. The van der Waals surface area contributed by atoms with E-state index in [1.165, 1.54) is 0 Å². The number of nitrogens with zero attached hydrogens (tertiary/aromatic N) is 3. The fraction of sp³-hybridized carbons (Fsp3) is 0. The largest absolute Gasteiger partial charge is 0.456 e. The van der Waals surface area contributed by atoms with Crippen LogP contribution in [-0.4, -0.2) is 15.0 Å².